The number of aromatic nitrogens is 1. The number of sulfonamides is 1. The first-order valence-corrected chi connectivity index (χ1v) is 9.45. The molecule has 0 fully saturated rings. The number of nitrogens with one attached hydrogen (secondary N) is 1. The van der Waals surface area contributed by atoms with Crippen LogP contribution < -0.4 is 5.32 Å². The Morgan fingerprint density at radius 1 is 1.17 bits per heavy atom. The van der Waals surface area contributed by atoms with Crippen molar-refractivity contribution in [3.05, 3.63) is 47.8 Å². The van der Waals surface area contributed by atoms with Crippen LogP contribution in [0.5, 0.6) is 0 Å². The summed E-state index contributed by atoms with van der Waals surface area (Å²) in [5.41, 5.74) is 2.44. The van der Waals surface area contributed by atoms with Crippen molar-refractivity contribution < 1.29 is 13.2 Å². The van der Waals surface area contributed by atoms with E-state index in [4.69, 9.17) is 0 Å². The van der Waals surface area contributed by atoms with Crippen molar-refractivity contribution in [1.29, 1.82) is 0 Å². The maximum absolute atomic E-state index is 13.1. The SMILES string of the molecule is C[C@@H]1C(=O)Nc2ccc(S(=O)(=O)N3CCn4cccc4[C@H]3C)cc21. The quantitative estimate of drug-likeness (QED) is 0.908. The molecule has 0 bridgehead atoms. The largest absolute Gasteiger partial charge is 0.349 e. The summed E-state index contributed by atoms with van der Waals surface area (Å²) in [5.74, 6) is -0.421. The zero-order valence-corrected chi connectivity index (χ0v) is 14.4. The fourth-order valence-corrected chi connectivity index (χ4v) is 5.21. The minimum atomic E-state index is -3.61. The number of carbonyl (C=O) groups is 1. The highest BCUT2D eigenvalue weighted by molar-refractivity contribution is 7.89. The molecule has 0 spiro atoms. The first-order valence-electron chi connectivity index (χ1n) is 8.01. The molecule has 4 rings (SSSR count). The Labute approximate surface area is 141 Å². The predicted molar refractivity (Wildman–Crippen MR) is 90.2 cm³/mol. The lowest BCUT2D eigenvalue weighted by Gasteiger charge is -2.34. The molecule has 1 N–H and O–H groups in total. The molecule has 126 valence electrons. The number of hydrogen-bond donors (Lipinski definition) is 1. The van der Waals surface area contributed by atoms with E-state index in [1.54, 1.807) is 29.4 Å². The van der Waals surface area contributed by atoms with Crippen LogP contribution in [0.25, 0.3) is 0 Å². The topological polar surface area (TPSA) is 71.4 Å². The summed E-state index contributed by atoms with van der Waals surface area (Å²) in [6.45, 7) is 4.78. The highest BCUT2D eigenvalue weighted by Crippen LogP contribution is 2.36. The molecule has 24 heavy (non-hydrogen) atoms. The lowest BCUT2D eigenvalue weighted by molar-refractivity contribution is -0.116. The van der Waals surface area contributed by atoms with Crippen molar-refractivity contribution in [3.8, 4) is 0 Å². The number of rotatable bonds is 2. The summed E-state index contributed by atoms with van der Waals surface area (Å²) in [5, 5.41) is 2.77. The summed E-state index contributed by atoms with van der Waals surface area (Å²) < 4.78 is 29.9. The molecule has 0 unspecified atom stereocenters. The average molecular weight is 345 g/mol. The lowest BCUT2D eigenvalue weighted by Crippen LogP contribution is -2.40. The fraction of sp³-hybridized carbons (Fsp3) is 0.353. The van der Waals surface area contributed by atoms with Gasteiger partial charge in [-0.3, -0.25) is 4.79 Å². The normalized spacial score (nSPS) is 23.7. The third-order valence-electron chi connectivity index (χ3n) is 5.03. The zero-order valence-electron chi connectivity index (χ0n) is 13.6. The third kappa shape index (κ3) is 2.12. The van der Waals surface area contributed by atoms with E-state index in [1.165, 1.54) is 0 Å². The Bertz CT molecular complexity index is 932. The Hall–Kier alpha value is -2.12. The standard InChI is InChI=1S/C17H19N3O3S/c1-11-14-10-13(5-6-15(14)18-17(11)21)24(22,23)20-9-8-19-7-3-4-16(19)12(20)2/h3-7,10-12H,8-9H2,1-2H3,(H,18,21)/t11-,12+/m0/s1. The molecule has 6 nitrogen and oxygen atoms in total. The van der Waals surface area contributed by atoms with E-state index in [1.807, 2.05) is 25.3 Å². The predicted octanol–water partition coefficient (Wildman–Crippen LogP) is 2.31. The minimum Gasteiger partial charge on any atom is -0.349 e. The van der Waals surface area contributed by atoms with Crippen LogP contribution in [0.4, 0.5) is 5.69 Å². The van der Waals surface area contributed by atoms with Crippen molar-refractivity contribution >= 4 is 21.6 Å². The van der Waals surface area contributed by atoms with Gasteiger partial charge in [-0.2, -0.15) is 4.31 Å². The number of nitrogens with zero attached hydrogens (tertiary/aromatic N) is 2. The van der Waals surface area contributed by atoms with E-state index in [9.17, 15) is 13.2 Å². The highest BCUT2D eigenvalue weighted by Gasteiger charge is 2.35. The van der Waals surface area contributed by atoms with Crippen LogP contribution in [0, 0.1) is 0 Å². The molecule has 0 saturated heterocycles. The first kappa shape index (κ1) is 15.4. The molecule has 1 aromatic carbocycles. The number of anilines is 1. The third-order valence-corrected chi connectivity index (χ3v) is 7.00. The molecule has 1 aromatic heterocycles. The van der Waals surface area contributed by atoms with Crippen LogP contribution in [0.15, 0.2) is 41.4 Å². The maximum Gasteiger partial charge on any atom is 0.243 e. The number of hydrogen-bond acceptors (Lipinski definition) is 3. The van der Waals surface area contributed by atoms with Crippen LogP contribution in [0.2, 0.25) is 0 Å². The van der Waals surface area contributed by atoms with Crippen LogP contribution in [-0.4, -0.2) is 29.7 Å². The van der Waals surface area contributed by atoms with Crippen molar-refractivity contribution in [3.63, 3.8) is 0 Å². The van der Waals surface area contributed by atoms with Gasteiger partial charge in [0.25, 0.3) is 0 Å². The Kier molecular flexibility index (Phi) is 3.33. The van der Waals surface area contributed by atoms with Gasteiger partial charge in [0.2, 0.25) is 15.9 Å². The number of benzene rings is 1. The molecule has 2 aliphatic heterocycles. The molecular weight excluding hydrogens is 326 g/mol. The van der Waals surface area contributed by atoms with Crippen molar-refractivity contribution in [2.24, 2.45) is 0 Å². The van der Waals surface area contributed by atoms with Crippen molar-refractivity contribution in [1.82, 2.24) is 8.87 Å². The molecule has 3 heterocycles. The number of amides is 1. The Balaban J connectivity index is 1.73. The van der Waals surface area contributed by atoms with E-state index in [2.05, 4.69) is 9.88 Å². The van der Waals surface area contributed by atoms with Gasteiger partial charge in [-0.15, -0.1) is 0 Å². The van der Waals surface area contributed by atoms with E-state index in [0.717, 1.165) is 11.3 Å². The minimum absolute atomic E-state index is 0.0938. The molecular formula is C17H19N3O3S. The summed E-state index contributed by atoms with van der Waals surface area (Å²) >= 11 is 0. The summed E-state index contributed by atoms with van der Waals surface area (Å²) in [6, 6.07) is 8.57. The molecule has 1 amide bonds. The van der Waals surface area contributed by atoms with E-state index >= 15 is 0 Å². The van der Waals surface area contributed by atoms with Crippen LogP contribution in [0.3, 0.4) is 0 Å². The maximum atomic E-state index is 13.1. The second-order valence-electron chi connectivity index (χ2n) is 6.38. The molecule has 0 saturated carbocycles. The van der Waals surface area contributed by atoms with Gasteiger partial charge in [0, 0.05) is 30.7 Å². The highest BCUT2D eigenvalue weighted by atomic mass is 32.2. The Morgan fingerprint density at radius 2 is 1.96 bits per heavy atom. The van der Waals surface area contributed by atoms with Gasteiger partial charge < -0.3 is 9.88 Å². The van der Waals surface area contributed by atoms with E-state index in [-0.39, 0.29) is 22.8 Å². The van der Waals surface area contributed by atoms with E-state index in [0.29, 0.717) is 18.8 Å². The molecule has 2 aliphatic rings. The molecule has 2 atom stereocenters. The molecule has 0 radical (unpaired) electrons. The van der Waals surface area contributed by atoms with Gasteiger partial charge >= 0.3 is 0 Å². The van der Waals surface area contributed by atoms with Gasteiger partial charge in [-0.05, 0) is 49.7 Å². The van der Waals surface area contributed by atoms with Gasteiger partial charge in [0.15, 0.2) is 0 Å². The van der Waals surface area contributed by atoms with Crippen LogP contribution in [-0.2, 0) is 21.4 Å². The smallest absolute Gasteiger partial charge is 0.243 e. The first-order chi connectivity index (χ1) is 11.4. The Morgan fingerprint density at radius 3 is 2.75 bits per heavy atom. The molecule has 2 aromatic rings. The van der Waals surface area contributed by atoms with Gasteiger partial charge in [0.1, 0.15) is 0 Å². The summed E-state index contributed by atoms with van der Waals surface area (Å²) in [7, 11) is -3.61. The fourth-order valence-electron chi connectivity index (χ4n) is 3.58. The van der Waals surface area contributed by atoms with Gasteiger partial charge in [-0.1, -0.05) is 0 Å². The lowest BCUT2D eigenvalue weighted by atomic mass is 10.0. The molecule has 7 heteroatoms. The van der Waals surface area contributed by atoms with Crippen molar-refractivity contribution in [2.75, 3.05) is 11.9 Å². The van der Waals surface area contributed by atoms with Gasteiger partial charge in [-0.25, -0.2) is 8.42 Å². The number of fused-ring (bicyclic) bond motifs is 2. The zero-order chi connectivity index (χ0) is 17.1. The van der Waals surface area contributed by atoms with Gasteiger partial charge in [0.05, 0.1) is 16.9 Å². The second-order valence-corrected chi connectivity index (χ2v) is 8.27. The van der Waals surface area contributed by atoms with Crippen molar-refractivity contribution in [2.45, 2.75) is 37.2 Å². The molecule has 0 aliphatic carbocycles. The van der Waals surface area contributed by atoms with Crippen LogP contribution in [0.1, 0.15) is 37.1 Å². The monoisotopic (exact) mass is 345 g/mol. The second kappa shape index (κ2) is 5.19. The van der Waals surface area contributed by atoms with Crippen LogP contribution >= 0.6 is 0 Å². The summed E-state index contributed by atoms with van der Waals surface area (Å²) in [6.07, 6.45) is 1.98. The average Bonchev–Trinajstić information content (AvgIpc) is 3.13. The summed E-state index contributed by atoms with van der Waals surface area (Å²) in [4.78, 5) is 12.0. The van der Waals surface area contributed by atoms with E-state index < -0.39 is 10.0 Å². The number of carbonyl (C=O) groups excluding carboxylic acids is 1.